The number of para-hydroxylation sites is 2. The predicted molar refractivity (Wildman–Crippen MR) is 103 cm³/mol. The summed E-state index contributed by atoms with van der Waals surface area (Å²) in [6.45, 7) is 0.213. The van der Waals surface area contributed by atoms with Crippen LogP contribution in [0.5, 0.6) is 11.5 Å². The molecule has 138 valence electrons. The van der Waals surface area contributed by atoms with Crippen molar-refractivity contribution in [1.29, 1.82) is 0 Å². The van der Waals surface area contributed by atoms with Crippen LogP contribution >= 0.6 is 0 Å². The molecular weight excluding hydrogens is 352 g/mol. The third-order valence-corrected chi connectivity index (χ3v) is 5.05. The number of aromatic amines is 1. The molecule has 2 N–H and O–H groups in total. The number of hydrogen-bond donors (Lipinski definition) is 2. The lowest BCUT2D eigenvalue weighted by Gasteiger charge is -2.21. The molecule has 3 aromatic rings. The van der Waals surface area contributed by atoms with Crippen LogP contribution < -0.4 is 14.2 Å². The molecule has 0 amide bonds. The minimum atomic E-state index is -3.34. The minimum Gasteiger partial charge on any atom is -0.493 e. The maximum Gasteiger partial charge on any atom is 0.208 e. The monoisotopic (exact) mass is 374 g/mol. The Bertz CT molecular complexity index is 1010. The maximum absolute atomic E-state index is 11.7. The molecule has 0 bridgehead atoms. The van der Waals surface area contributed by atoms with Crippen molar-refractivity contribution in [1.82, 2.24) is 9.71 Å². The Morgan fingerprint density at radius 2 is 1.81 bits per heavy atom. The van der Waals surface area contributed by atoms with Crippen LogP contribution in [-0.2, 0) is 10.0 Å². The van der Waals surface area contributed by atoms with E-state index in [0.717, 1.165) is 28.3 Å². The summed E-state index contributed by atoms with van der Waals surface area (Å²) in [6.07, 6.45) is 3.07. The third-order valence-electron chi connectivity index (χ3n) is 4.36. The second-order valence-corrected chi connectivity index (χ2v) is 7.88. The molecule has 0 radical (unpaired) electrons. The van der Waals surface area contributed by atoms with Gasteiger partial charge in [0.25, 0.3) is 0 Å². The van der Waals surface area contributed by atoms with Gasteiger partial charge in [0.05, 0.1) is 20.5 Å². The van der Waals surface area contributed by atoms with E-state index < -0.39 is 10.0 Å². The first-order chi connectivity index (χ1) is 12.4. The van der Waals surface area contributed by atoms with E-state index in [4.69, 9.17) is 9.47 Å². The molecule has 0 saturated heterocycles. The van der Waals surface area contributed by atoms with Crippen LogP contribution in [0.3, 0.4) is 0 Å². The van der Waals surface area contributed by atoms with Gasteiger partial charge in [0.1, 0.15) is 0 Å². The summed E-state index contributed by atoms with van der Waals surface area (Å²) in [5, 5.41) is 1.04. The van der Waals surface area contributed by atoms with Gasteiger partial charge in [-0.3, -0.25) is 0 Å². The molecule has 7 heteroatoms. The van der Waals surface area contributed by atoms with Gasteiger partial charge in [-0.25, -0.2) is 13.1 Å². The number of sulfonamides is 1. The average Bonchev–Trinajstić information content (AvgIpc) is 3.04. The highest BCUT2D eigenvalue weighted by Gasteiger charge is 2.24. The second-order valence-electron chi connectivity index (χ2n) is 6.05. The summed E-state index contributed by atoms with van der Waals surface area (Å²) in [5.74, 6) is 0.959. The number of fused-ring (bicyclic) bond motifs is 1. The Hall–Kier alpha value is -2.51. The van der Waals surface area contributed by atoms with E-state index in [-0.39, 0.29) is 12.5 Å². The fourth-order valence-electron chi connectivity index (χ4n) is 3.19. The summed E-state index contributed by atoms with van der Waals surface area (Å²) < 4.78 is 37.0. The van der Waals surface area contributed by atoms with E-state index >= 15 is 0 Å². The van der Waals surface area contributed by atoms with E-state index in [1.165, 1.54) is 0 Å². The Balaban J connectivity index is 2.16. The SMILES string of the molecule is COc1cccc(C(CNS(C)(=O)=O)c2c[nH]c3ccccc23)c1OC. The minimum absolute atomic E-state index is 0.213. The van der Waals surface area contributed by atoms with Crippen molar-refractivity contribution >= 4 is 20.9 Å². The molecule has 0 aliphatic carbocycles. The van der Waals surface area contributed by atoms with Gasteiger partial charge in [0, 0.05) is 35.1 Å². The number of nitrogens with one attached hydrogen (secondary N) is 2. The largest absolute Gasteiger partial charge is 0.493 e. The Labute approximate surface area is 153 Å². The molecule has 0 aliphatic rings. The van der Waals surface area contributed by atoms with E-state index in [2.05, 4.69) is 9.71 Å². The first-order valence-corrected chi connectivity index (χ1v) is 10.0. The quantitative estimate of drug-likeness (QED) is 0.666. The molecule has 26 heavy (non-hydrogen) atoms. The molecule has 0 aliphatic heterocycles. The highest BCUT2D eigenvalue weighted by atomic mass is 32.2. The predicted octanol–water partition coefficient (Wildman–Crippen LogP) is 2.87. The highest BCUT2D eigenvalue weighted by Crippen LogP contribution is 2.40. The number of H-pyrrole nitrogens is 1. The topological polar surface area (TPSA) is 80.4 Å². The van der Waals surface area contributed by atoms with Crippen molar-refractivity contribution in [2.45, 2.75) is 5.92 Å². The van der Waals surface area contributed by atoms with E-state index in [9.17, 15) is 8.42 Å². The molecule has 6 nitrogen and oxygen atoms in total. The number of benzene rings is 2. The van der Waals surface area contributed by atoms with Crippen LogP contribution in [0.2, 0.25) is 0 Å². The van der Waals surface area contributed by atoms with Gasteiger partial charge in [-0.15, -0.1) is 0 Å². The Morgan fingerprint density at radius 3 is 2.50 bits per heavy atom. The first kappa shape index (κ1) is 18.3. The van der Waals surface area contributed by atoms with Gasteiger partial charge < -0.3 is 14.5 Å². The van der Waals surface area contributed by atoms with Gasteiger partial charge in [-0.1, -0.05) is 30.3 Å². The standard InChI is InChI=1S/C19H22N2O4S/c1-24-18-10-6-8-14(19(18)25-2)16(12-21-26(3,22)23)15-11-20-17-9-5-4-7-13(15)17/h4-11,16,20-21H,12H2,1-3H3. The van der Waals surface area contributed by atoms with Gasteiger partial charge >= 0.3 is 0 Å². The van der Waals surface area contributed by atoms with Crippen LogP contribution in [0, 0.1) is 0 Å². The lowest BCUT2D eigenvalue weighted by atomic mass is 9.90. The summed E-state index contributed by atoms with van der Waals surface area (Å²) >= 11 is 0. The smallest absolute Gasteiger partial charge is 0.208 e. The van der Waals surface area contributed by atoms with E-state index in [1.54, 1.807) is 14.2 Å². The maximum atomic E-state index is 11.7. The molecule has 1 aromatic heterocycles. The van der Waals surface area contributed by atoms with Crippen LogP contribution in [0.1, 0.15) is 17.0 Å². The fourth-order valence-corrected chi connectivity index (χ4v) is 3.66. The van der Waals surface area contributed by atoms with E-state index in [0.29, 0.717) is 11.5 Å². The molecule has 0 spiro atoms. The highest BCUT2D eigenvalue weighted by molar-refractivity contribution is 7.88. The zero-order valence-corrected chi connectivity index (χ0v) is 15.8. The molecule has 3 rings (SSSR count). The van der Waals surface area contributed by atoms with Crippen molar-refractivity contribution in [3.8, 4) is 11.5 Å². The van der Waals surface area contributed by atoms with Gasteiger partial charge in [0.2, 0.25) is 10.0 Å². The molecular formula is C19H22N2O4S. The summed E-state index contributed by atoms with van der Waals surface area (Å²) in [5.41, 5.74) is 2.84. The van der Waals surface area contributed by atoms with Crippen molar-refractivity contribution in [3.63, 3.8) is 0 Å². The molecule has 1 atom stereocenters. The molecule has 0 saturated carbocycles. The summed E-state index contributed by atoms with van der Waals surface area (Å²) in [4.78, 5) is 3.25. The average molecular weight is 374 g/mol. The van der Waals surface area contributed by atoms with Crippen molar-refractivity contribution in [3.05, 3.63) is 59.8 Å². The number of methoxy groups -OCH3 is 2. The van der Waals surface area contributed by atoms with Crippen molar-refractivity contribution < 1.29 is 17.9 Å². The van der Waals surface area contributed by atoms with Gasteiger partial charge in [-0.2, -0.15) is 0 Å². The lowest BCUT2D eigenvalue weighted by Crippen LogP contribution is -2.28. The lowest BCUT2D eigenvalue weighted by molar-refractivity contribution is 0.350. The number of aromatic nitrogens is 1. The van der Waals surface area contributed by atoms with Crippen LogP contribution in [0.15, 0.2) is 48.7 Å². The molecule has 1 heterocycles. The molecule has 0 fully saturated rings. The van der Waals surface area contributed by atoms with E-state index in [1.807, 2.05) is 48.7 Å². The van der Waals surface area contributed by atoms with Crippen molar-refractivity contribution in [2.24, 2.45) is 0 Å². The number of rotatable bonds is 7. The van der Waals surface area contributed by atoms with Crippen LogP contribution in [-0.4, -0.2) is 40.4 Å². The summed E-state index contributed by atoms with van der Waals surface area (Å²) in [6, 6.07) is 13.5. The van der Waals surface area contributed by atoms with Gasteiger partial charge in [0.15, 0.2) is 11.5 Å². The van der Waals surface area contributed by atoms with Crippen molar-refractivity contribution in [2.75, 3.05) is 27.0 Å². The second kappa shape index (κ2) is 7.39. The zero-order chi connectivity index (χ0) is 18.7. The molecule has 2 aromatic carbocycles. The fraction of sp³-hybridized carbons (Fsp3) is 0.263. The Morgan fingerprint density at radius 1 is 1.04 bits per heavy atom. The summed E-state index contributed by atoms with van der Waals surface area (Å²) in [7, 11) is -0.178. The number of ether oxygens (including phenoxy) is 2. The third kappa shape index (κ3) is 3.68. The normalized spacial score (nSPS) is 12.9. The van der Waals surface area contributed by atoms with Crippen LogP contribution in [0.25, 0.3) is 10.9 Å². The first-order valence-electron chi connectivity index (χ1n) is 8.16. The van der Waals surface area contributed by atoms with Gasteiger partial charge in [-0.05, 0) is 17.7 Å². The Kier molecular flexibility index (Phi) is 5.20. The zero-order valence-electron chi connectivity index (χ0n) is 14.9. The molecule has 1 unspecified atom stereocenters. The van der Waals surface area contributed by atoms with Crippen LogP contribution in [0.4, 0.5) is 0 Å². The number of hydrogen-bond acceptors (Lipinski definition) is 4.